The topological polar surface area (TPSA) is 24.9 Å². The van der Waals surface area contributed by atoms with Crippen LogP contribution in [0.15, 0.2) is 45.5 Å². The molecule has 0 bridgehead atoms. The number of nitrogens with zero attached hydrogens (tertiary/aromatic N) is 1. The van der Waals surface area contributed by atoms with Crippen LogP contribution >= 0.6 is 31.9 Å². The Morgan fingerprint density at radius 3 is 2.42 bits per heavy atom. The summed E-state index contributed by atoms with van der Waals surface area (Å²) < 4.78 is 39.1. The van der Waals surface area contributed by atoms with E-state index in [0.29, 0.717) is 20.5 Å². The summed E-state index contributed by atoms with van der Waals surface area (Å²) in [5.74, 6) is 0.447. The molecule has 0 unspecified atom stereocenters. The number of nitrogens with one attached hydrogen (secondary N) is 1. The van der Waals surface area contributed by atoms with Gasteiger partial charge in [-0.05, 0) is 62.2 Å². The number of aromatic nitrogens is 1. The van der Waals surface area contributed by atoms with E-state index in [9.17, 15) is 13.2 Å². The zero-order chi connectivity index (χ0) is 14.0. The molecule has 0 aliphatic heterocycles. The standard InChI is InChI=1S/C12H7Br2F3N2/c13-8-4-3-7(12(15,16)17)6-10(8)19-11-9(14)2-1-5-18-11/h1-6H,(H,18,19). The monoisotopic (exact) mass is 394 g/mol. The van der Waals surface area contributed by atoms with Crippen molar-refractivity contribution in [2.24, 2.45) is 0 Å². The Hall–Kier alpha value is -1.08. The molecule has 0 saturated carbocycles. The second kappa shape index (κ2) is 5.50. The first-order chi connectivity index (χ1) is 8.88. The average Bonchev–Trinajstić information content (AvgIpc) is 2.33. The summed E-state index contributed by atoms with van der Waals surface area (Å²) in [5.41, 5.74) is -0.417. The van der Waals surface area contributed by atoms with Crippen molar-refractivity contribution in [2.75, 3.05) is 5.32 Å². The maximum absolute atomic E-state index is 12.6. The van der Waals surface area contributed by atoms with Crippen LogP contribution in [0, 0.1) is 0 Å². The van der Waals surface area contributed by atoms with Crippen molar-refractivity contribution in [1.82, 2.24) is 4.98 Å². The number of anilines is 2. The van der Waals surface area contributed by atoms with Gasteiger partial charge in [-0.15, -0.1) is 0 Å². The van der Waals surface area contributed by atoms with Gasteiger partial charge in [0.15, 0.2) is 0 Å². The van der Waals surface area contributed by atoms with Gasteiger partial charge in [0.25, 0.3) is 0 Å². The summed E-state index contributed by atoms with van der Waals surface area (Å²) in [5, 5.41) is 2.85. The highest BCUT2D eigenvalue weighted by Crippen LogP contribution is 2.35. The first kappa shape index (κ1) is 14.3. The normalized spacial score (nSPS) is 11.4. The lowest BCUT2D eigenvalue weighted by atomic mass is 10.2. The summed E-state index contributed by atoms with van der Waals surface area (Å²) in [7, 11) is 0. The lowest BCUT2D eigenvalue weighted by Gasteiger charge is -2.12. The fourth-order valence-corrected chi connectivity index (χ4v) is 2.10. The molecular weight excluding hydrogens is 389 g/mol. The molecule has 0 amide bonds. The van der Waals surface area contributed by atoms with E-state index >= 15 is 0 Å². The zero-order valence-corrected chi connectivity index (χ0v) is 12.5. The van der Waals surface area contributed by atoms with Gasteiger partial charge in [0.2, 0.25) is 0 Å². The number of rotatable bonds is 2. The Kier molecular flexibility index (Phi) is 4.15. The molecule has 0 radical (unpaired) electrons. The lowest BCUT2D eigenvalue weighted by molar-refractivity contribution is -0.137. The third-order valence-corrected chi connectivity index (χ3v) is 3.64. The molecule has 1 aromatic heterocycles. The summed E-state index contributed by atoms with van der Waals surface area (Å²) >= 11 is 6.48. The molecule has 2 rings (SSSR count). The van der Waals surface area contributed by atoms with Crippen molar-refractivity contribution >= 4 is 43.4 Å². The molecule has 2 nitrogen and oxygen atoms in total. The third kappa shape index (κ3) is 3.48. The van der Waals surface area contributed by atoms with Crippen LogP contribution in [0.3, 0.4) is 0 Å². The van der Waals surface area contributed by atoms with Gasteiger partial charge >= 0.3 is 6.18 Å². The molecule has 1 N–H and O–H groups in total. The number of halogens is 5. The summed E-state index contributed by atoms with van der Waals surface area (Å²) in [4.78, 5) is 4.05. The SMILES string of the molecule is FC(F)(F)c1ccc(Br)c(Nc2ncccc2Br)c1. The molecule has 2 aromatic rings. The number of alkyl halides is 3. The Balaban J connectivity index is 2.38. The van der Waals surface area contributed by atoms with E-state index in [-0.39, 0.29) is 0 Å². The van der Waals surface area contributed by atoms with Gasteiger partial charge in [0.1, 0.15) is 5.82 Å². The van der Waals surface area contributed by atoms with E-state index < -0.39 is 11.7 Å². The van der Waals surface area contributed by atoms with Crippen molar-refractivity contribution in [3.8, 4) is 0 Å². The minimum Gasteiger partial charge on any atom is -0.338 e. The highest BCUT2D eigenvalue weighted by Gasteiger charge is 2.30. The van der Waals surface area contributed by atoms with Crippen LogP contribution in [0.25, 0.3) is 0 Å². The Morgan fingerprint density at radius 1 is 1.05 bits per heavy atom. The molecule has 0 atom stereocenters. The van der Waals surface area contributed by atoms with Crippen LogP contribution in [0.4, 0.5) is 24.7 Å². The predicted octanol–water partition coefficient (Wildman–Crippen LogP) is 5.37. The van der Waals surface area contributed by atoms with Crippen molar-refractivity contribution < 1.29 is 13.2 Å². The number of pyridine rings is 1. The Morgan fingerprint density at radius 2 is 1.79 bits per heavy atom. The molecule has 1 aromatic carbocycles. The van der Waals surface area contributed by atoms with Crippen LogP contribution in [0.1, 0.15) is 5.56 Å². The van der Waals surface area contributed by atoms with Crippen LogP contribution in [-0.2, 0) is 6.18 Å². The van der Waals surface area contributed by atoms with E-state index in [1.54, 1.807) is 18.3 Å². The van der Waals surface area contributed by atoms with Crippen molar-refractivity contribution in [3.05, 3.63) is 51.0 Å². The molecule has 0 saturated heterocycles. The minimum absolute atomic E-state index is 0.300. The summed E-state index contributed by atoms with van der Waals surface area (Å²) in [6, 6.07) is 6.86. The summed E-state index contributed by atoms with van der Waals surface area (Å²) in [6.45, 7) is 0. The van der Waals surface area contributed by atoms with E-state index in [1.165, 1.54) is 6.07 Å². The maximum Gasteiger partial charge on any atom is 0.416 e. The van der Waals surface area contributed by atoms with Gasteiger partial charge in [-0.25, -0.2) is 4.98 Å². The van der Waals surface area contributed by atoms with E-state index in [4.69, 9.17) is 0 Å². The van der Waals surface area contributed by atoms with Gasteiger partial charge in [0.05, 0.1) is 15.7 Å². The summed E-state index contributed by atoms with van der Waals surface area (Å²) in [6.07, 6.45) is -2.83. The highest BCUT2D eigenvalue weighted by molar-refractivity contribution is 9.11. The molecule has 0 fully saturated rings. The van der Waals surface area contributed by atoms with Gasteiger partial charge < -0.3 is 5.32 Å². The molecule has 100 valence electrons. The van der Waals surface area contributed by atoms with E-state index in [2.05, 4.69) is 42.2 Å². The number of hydrogen-bond acceptors (Lipinski definition) is 2. The minimum atomic E-state index is -4.38. The van der Waals surface area contributed by atoms with Crippen LogP contribution in [0.2, 0.25) is 0 Å². The van der Waals surface area contributed by atoms with Crippen molar-refractivity contribution in [1.29, 1.82) is 0 Å². The lowest BCUT2D eigenvalue weighted by Crippen LogP contribution is -2.06. The Bertz CT molecular complexity index is 600. The predicted molar refractivity (Wildman–Crippen MR) is 74.4 cm³/mol. The fraction of sp³-hybridized carbons (Fsp3) is 0.0833. The number of benzene rings is 1. The van der Waals surface area contributed by atoms with Gasteiger partial charge in [-0.2, -0.15) is 13.2 Å². The second-order valence-corrected chi connectivity index (χ2v) is 5.36. The first-order valence-electron chi connectivity index (χ1n) is 5.12. The van der Waals surface area contributed by atoms with Gasteiger partial charge in [0, 0.05) is 10.7 Å². The van der Waals surface area contributed by atoms with Crippen LogP contribution in [0.5, 0.6) is 0 Å². The molecular formula is C12H7Br2F3N2. The quantitative estimate of drug-likeness (QED) is 0.739. The molecule has 1 heterocycles. The van der Waals surface area contributed by atoms with E-state index in [0.717, 1.165) is 12.1 Å². The molecule has 0 aliphatic carbocycles. The largest absolute Gasteiger partial charge is 0.416 e. The average molecular weight is 396 g/mol. The number of hydrogen-bond donors (Lipinski definition) is 1. The smallest absolute Gasteiger partial charge is 0.338 e. The van der Waals surface area contributed by atoms with Crippen LogP contribution in [-0.4, -0.2) is 4.98 Å². The second-order valence-electron chi connectivity index (χ2n) is 3.65. The van der Waals surface area contributed by atoms with Crippen molar-refractivity contribution in [2.45, 2.75) is 6.18 Å². The fourth-order valence-electron chi connectivity index (χ4n) is 1.40. The molecule has 7 heteroatoms. The maximum atomic E-state index is 12.6. The van der Waals surface area contributed by atoms with Crippen LogP contribution < -0.4 is 5.32 Å². The molecule has 0 spiro atoms. The highest BCUT2D eigenvalue weighted by atomic mass is 79.9. The molecule has 0 aliphatic rings. The van der Waals surface area contributed by atoms with Crippen molar-refractivity contribution in [3.63, 3.8) is 0 Å². The first-order valence-corrected chi connectivity index (χ1v) is 6.71. The van der Waals surface area contributed by atoms with E-state index in [1.807, 2.05) is 0 Å². The van der Waals surface area contributed by atoms with Gasteiger partial charge in [-0.3, -0.25) is 0 Å². The Labute approximate surface area is 124 Å². The van der Waals surface area contributed by atoms with Gasteiger partial charge in [-0.1, -0.05) is 0 Å². The third-order valence-electron chi connectivity index (χ3n) is 2.31. The zero-order valence-electron chi connectivity index (χ0n) is 9.30. The molecule has 19 heavy (non-hydrogen) atoms.